The van der Waals surface area contributed by atoms with Crippen LogP contribution in [0.5, 0.6) is 0 Å². The number of rotatable bonds is 8. The van der Waals surface area contributed by atoms with Crippen molar-refractivity contribution in [2.75, 3.05) is 18.5 Å². The van der Waals surface area contributed by atoms with Crippen molar-refractivity contribution >= 4 is 58.1 Å². The second kappa shape index (κ2) is 11.1. The molecule has 0 radical (unpaired) electrons. The Kier molecular flexibility index (Phi) is 8.24. The summed E-state index contributed by atoms with van der Waals surface area (Å²) in [6.45, 7) is 1.69. The molecule has 1 fully saturated rings. The van der Waals surface area contributed by atoms with Crippen LogP contribution in [-0.2, 0) is 14.3 Å². The molecule has 3 rings (SSSR count). The summed E-state index contributed by atoms with van der Waals surface area (Å²) in [5, 5.41) is 2.09. The van der Waals surface area contributed by atoms with Gasteiger partial charge in [0.25, 0.3) is 11.1 Å². The van der Waals surface area contributed by atoms with Gasteiger partial charge < -0.3 is 10.1 Å². The number of amides is 3. The Labute approximate surface area is 198 Å². The average Bonchev–Trinajstić information content (AvgIpc) is 3.02. The molecule has 0 aromatic heterocycles. The van der Waals surface area contributed by atoms with Gasteiger partial charge in [0, 0.05) is 5.69 Å². The van der Waals surface area contributed by atoms with Crippen LogP contribution in [0.25, 0.3) is 6.08 Å². The third-order valence-corrected chi connectivity index (χ3v) is 5.76. The normalized spacial score (nSPS) is 14.6. The number of benzene rings is 2. The maximum Gasteiger partial charge on any atom is 0.339 e. The minimum atomic E-state index is -0.652. The van der Waals surface area contributed by atoms with Crippen LogP contribution in [0.3, 0.4) is 0 Å². The number of thioether (sulfide) groups is 1. The predicted octanol–water partition coefficient (Wildman–Crippen LogP) is 5.11. The minimum absolute atomic E-state index is 0.0852. The number of carbonyl (C=O) groups is 4. The van der Waals surface area contributed by atoms with Crippen molar-refractivity contribution in [1.29, 1.82) is 0 Å². The third kappa shape index (κ3) is 6.43. The van der Waals surface area contributed by atoms with E-state index in [1.165, 1.54) is 42.5 Å². The van der Waals surface area contributed by atoms with Crippen molar-refractivity contribution in [2.24, 2.45) is 0 Å². The molecule has 172 valence electrons. The highest BCUT2D eigenvalue weighted by molar-refractivity contribution is 8.18. The van der Waals surface area contributed by atoms with E-state index in [0.717, 1.165) is 11.3 Å². The number of anilines is 1. The fourth-order valence-corrected chi connectivity index (χ4v) is 3.91. The fourth-order valence-electron chi connectivity index (χ4n) is 2.87. The van der Waals surface area contributed by atoms with Gasteiger partial charge >= 0.3 is 5.97 Å². The van der Waals surface area contributed by atoms with Gasteiger partial charge in [0.1, 0.15) is 12.4 Å². The topological polar surface area (TPSA) is 92.8 Å². The highest BCUT2D eigenvalue weighted by Crippen LogP contribution is 2.32. The number of hydrogen-bond acceptors (Lipinski definition) is 6. The van der Waals surface area contributed by atoms with Crippen molar-refractivity contribution in [1.82, 2.24) is 4.90 Å². The number of imide groups is 1. The van der Waals surface area contributed by atoms with Gasteiger partial charge in [-0.3, -0.25) is 19.3 Å². The quantitative estimate of drug-likeness (QED) is 0.314. The largest absolute Gasteiger partial charge is 0.462 e. The Morgan fingerprint density at radius 2 is 2.00 bits per heavy atom. The van der Waals surface area contributed by atoms with Crippen LogP contribution >= 0.6 is 23.4 Å². The summed E-state index contributed by atoms with van der Waals surface area (Å²) < 4.78 is 18.5. The maximum absolute atomic E-state index is 13.4. The molecule has 1 aliphatic rings. The summed E-state index contributed by atoms with van der Waals surface area (Å²) in [5.74, 6) is -2.38. The Bertz CT molecular complexity index is 1140. The van der Waals surface area contributed by atoms with Crippen LogP contribution in [0, 0.1) is 5.82 Å². The number of nitrogens with zero attached hydrogens (tertiary/aromatic N) is 1. The standard InChI is InChI=1S/C23H20ClFN2O5S/c1-2-3-9-32-22(30)17-12-16(7-8-18(17)24)26-20(28)13-27-21(29)19(33-23(27)31)11-14-5-4-6-15(25)10-14/h4-8,10-12H,2-3,9,13H2,1H3,(H,26,28)/b19-11+. The molecule has 2 aromatic rings. The molecule has 10 heteroatoms. The van der Waals surface area contributed by atoms with E-state index in [1.807, 2.05) is 6.92 Å². The van der Waals surface area contributed by atoms with Gasteiger partial charge in [0.15, 0.2) is 0 Å². The van der Waals surface area contributed by atoms with Crippen LogP contribution in [0.4, 0.5) is 14.9 Å². The number of unbranched alkanes of at least 4 members (excludes halogenated alkanes) is 1. The molecule has 3 amide bonds. The fraction of sp³-hybridized carbons (Fsp3) is 0.217. The van der Waals surface area contributed by atoms with E-state index in [9.17, 15) is 23.6 Å². The first kappa shape index (κ1) is 24.5. The smallest absolute Gasteiger partial charge is 0.339 e. The third-order valence-electron chi connectivity index (χ3n) is 4.52. The molecule has 7 nitrogen and oxygen atoms in total. The van der Waals surface area contributed by atoms with E-state index in [0.29, 0.717) is 23.7 Å². The van der Waals surface area contributed by atoms with Crippen LogP contribution < -0.4 is 5.32 Å². The summed E-state index contributed by atoms with van der Waals surface area (Å²) in [6, 6.07) is 9.86. The number of nitrogens with one attached hydrogen (secondary N) is 1. The Balaban J connectivity index is 1.66. The van der Waals surface area contributed by atoms with Crippen LogP contribution in [0.1, 0.15) is 35.7 Å². The molecular formula is C23H20ClFN2O5S. The van der Waals surface area contributed by atoms with E-state index >= 15 is 0 Å². The lowest BCUT2D eigenvalue weighted by Crippen LogP contribution is -2.36. The molecule has 0 atom stereocenters. The molecule has 0 aliphatic carbocycles. The summed E-state index contributed by atoms with van der Waals surface area (Å²) in [7, 11) is 0. The molecule has 0 bridgehead atoms. The molecule has 0 saturated carbocycles. The summed E-state index contributed by atoms with van der Waals surface area (Å²) in [5.41, 5.74) is 0.772. The second-order valence-corrected chi connectivity index (χ2v) is 8.46. The van der Waals surface area contributed by atoms with Crippen molar-refractivity contribution in [3.63, 3.8) is 0 Å². The van der Waals surface area contributed by atoms with E-state index in [2.05, 4.69) is 5.32 Å². The molecule has 0 unspecified atom stereocenters. The van der Waals surface area contributed by atoms with Crippen LogP contribution in [0.15, 0.2) is 47.4 Å². The van der Waals surface area contributed by atoms with Crippen molar-refractivity contribution in [3.05, 3.63) is 69.3 Å². The number of carbonyl (C=O) groups excluding carboxylic acids is 4. The highest BCUT2D eigenvalue weighted by Gasteiger charge is 2.36. The molecule has 2 aromatic carbocycles. The zero-order valence-corrected chi connectivity index (χ0v) is 19.2. The Morgan fingerprint density at radius 1 is 1.21 bits per heavy atom. The highest BCUT2D eigenvalue weighted by atomic mass is 35.5. The molecule has 1 aliphatic heterocycles. The van der Waals surface area contributed by atoms with E-state index < -0.39 is 35.4 Å². The first-order chi connectivity index (χ1) is 15.8. The lowest BCUT2D eigenvalue weighted by molar-refractivity contribution is -0.127. The van der Waals surface area contributed by atoms with Crippen molar-refractivity contribution < 1.29 is 28.3 Å². The lowest BCUT2D eigenvalue weighted by Gasteiger charge is -2.13. The first-order valence-corrected chi connectivity index (χ1v) is 11.3. The zero-order chi connectivity index (χ0) is 24.0. The summed E-state index contributed by atoms with van der Waals surface area (Å²) in [6.07, 6.45) is 2.97. The van der Waals surface area contributed by atoms with Gasteiger partial charge in [0.2, 0.25) is 5.91 Å². The number of halogens is 2. The Hall–Kier alpha value is -3.17. The molecular weight excluding hydrogens is 471 g/mol. The number of esters is 1. The van der Waals surface area contributed by atoms with Gasteiger partial charge in [-0.2, -0.15) is 0 Å². The second-order valence-electron chi connectivity index (χ2n) is 7.06. The molecule has 1 heterocycles. The molecule has 33 heavy (non-hydrogen) atoms. The number of hydrogen-bond donors (Lipinski definition) is 1. The lowest BCUT2D eigenvalue weighted by atomic mass is 10.2. The van der Waals surface area contributed by atoms with Crippen LogP contribution in [0.2, 0.25) is 5.02 Å². The van der Waals surface area contributed by atoms with E-state index in [4.69, 9.17) is 16.3 Å². The van der Waals surface area contributed by atoms with Gasteiger partial charge in [-0.05, 0) is 60.2 Å². The van der Waals surface area contributed by atoms with E-state index in [1.54, 1.807) is 6.07 Å². The summed E-state index contributed by atoms with van der Waals surface area (Å²) in [4.78, 5) is 50.4. The SMILES string of the molecule is CCCCOC(=O)c1cc(NC(=O)CN2C(=O)S/C(=C/c3cccc(F)c3)C2=O)ccc1Cl. The zero-order valence-electron chi connectivity index (χ0n) is 17.6. The maximum atomic E-state index is 13.4. The van der Waals surface area contributed by atoms with Crippen molar-refractivity contribution in [2.45, 2.75) is 19.8 Å². The predicted molar refractivity (Wildman–Crippen MR) is 124 cm³/mol. The molecule has 1 saturated heterocycles. The molecule has 1 N–H and O–H groups in total. The van der Waals surface area contributed by atoms with E-state index in [-0.39, 0.29) is 27.8 Å². The monoisotopic (exact) mass is 490 g/mol. The molecule has 0 spiro atoms. The van der Waals surface area contributed by atoms with Gasteiger partial charge in [-0.1, -0.05) is 37.1 Å². The van der Waals surface area contributed by atoms with Crippen LogP contribution in [-0.4, -0.2) is 41.1 Å². The first-order valence-electron chi connectivity index (χ1n) is 10.1. The van der Waals surface area contributed by atoms with Gasteiger partial charge in [-0.25, -0.2) is 9.18 Å². The number of ether oxygens (including phenoxy) is 1. The summed E-state index contributed by atoms with van der Waals surface area (Å²) >= 11 is 6.73. The Morgan fingerprint density at radius 3 is 2.73 bits per heavy atom. The van der Waals surface area contributed by atoms with Crippen molar-refractivity contribution in [3.8, 4) is 0 Å². The minimum Gasteiger partial charge on any atom is -0.462 e. The van der Waals surface area contributed by atoms with Gasteiger partial charge in [-0.15, -0.1) is 0 Å². The van der Waals surface area contributed by atoms with Gasteiger partial charge in [0.05, 0.1) is 22.1 Å². The average molecular weight is 491 g/mol.